The number of carbonyl (C=O) groups excluding carboxylic acids is 3. The van der Waals surface area contributed by atoms with Crippen LogP contribution in [0.15, 0.2) is 24.3 Å². The summed E-state index contributed by atoms with van der Waals surface area (Å²) in [6.07, 6.45) is 1.15. The number of anilines is 1. The number of benzene rings is 1. The van der Waals surface area contributed by atoms with Crippen LogP contribution in [-0.2, 0) is 9.59 Å². The molecule has 4 atom stereocenters. The molecule has 26 heavy (non-hydrogen) atoms. The number of nitrogens with zero attached hydrogens (tertiary/aromatic N) is 1. The molecule has 0 spiro atoms. The molecule has 2 fully saturated rings. The predicted molar refractivity (Wildman–Crippen MR) is 93.8 cm³/mol. The fraction of sp³-hybridized carbons (Fsp3) is 0.500. The van der Waals surface area contributed by atoms with E-state index >= 15 is 0 Å². The van der Waals surface area contributed by atoms with Gasteiger partial charge in [-0.3, -0.25) is 9.59 Å². The summed E-state index contributed by atoms with van der Waals surface area (Å²) in [5.74, 6) is -0.668. The van der Waals surface area contributed by atoms with Gasteiger partial charge in [-0.2, -0.15) is 0 Å². The van der Waals surface area contributed by atoms with Crippen LogP contribution in [-0.4, -0.2) is 47.4 Å². The quantitative estimate of drug-likeness (QED) is 0.757. The third-order valence-electron chi connectivity index (χ3n) is 5.08. The molecule has 2 heterocycles. The van der Waals surface area contributed by atoms with Crippen LogP contribution in [0, 0.1) is 11.7 Å². The summed E-state index contributed by atoms with van der Waals surface area (Å²) in [5.41, 5.74) is 0.337. The van der Waals surface area contributed by atoms with Crippen molar-refractivity contribution in [3.63, 3.8) is 0 Å². The van der Waals surface area contributed by atoms with Gasteiger partial charge in [0.15, 0.2) is 0 Å². The summed E-state index contributed by atoms with van der Waals surface area (Å²) < 4.78 is 13.2. The maximum atomic E-state index is 13.2. The smallest absolute Gasteiger partial charge is 0.319 e. The Balaban J connectivity index is 1.61. The second-order valence-corrected chi connectivity index (χ2v) is 6.92. The van der Waals surface area contributed by atoms with Crippen LogP contribution in [0.4, 0.5) is 14.9 Å². The zero-order chi connectivity index (χ0) is 18.8. The highest BCUT2D eigenvalue weighted by atomic mass is 19.1. The first-order valence-electron chi connectivity index (χ1n) is 8.83. The Labute approximate surface area is 151 Å². The van der Waals surface area contributed by atoms with Crippen molar-refractivity contribution in [3.8, 4) is 0 Å². The Morgan fingerprint density at radius 1 is 1.42 bits per heavy atom. The Morgan fingerprint density at radius 2 is 2.19 bits per heavy atom. The van der Waals surface area contributed by atoms with E-state index in [0.29, 0.717) is 18.7 Å². The molecule has 2 saturated heterocycles. The van der Waals surface area contributed by atoms with Gasteiger partial charge in [0.2, 0.25) is 11.8 Å². The van der Waals surface area contributed by atoms with Gasteiger partial charge in [0.05, 0.1) is 6.04 Å². The first-order valence-corrected chi connectivity index (χ1v) is 8.83. The number of urea groups is 1. The maximum absolute atomic E-state index is 13.2. The lowest BCUT2D eigenvalue weighted by molar-refractivity contribution is -0.148. The van der Waals surface area contributed by atoms with Gasteiger partial charge in [-0.25, -0.2) is 9.18 Å². The van der Waals surface area contributed by atoms with Crippen LogP contribution in [0.1, 0.15) is 26.7 Å². The highest BCUT2D eigenvalue weighted by Gasteiger charge is 2.47. The second-order valence-electron chi connectivity index (χ2n) is 6.92. The standard InChI is InChI=1S/C18H23FN4O3/c1-3-10(2)15-17(25)23-9-13(8-14(23)16(24)22-15)21-18(26)20-12-6-4-5-11(19)7-12/h4-7,10,13-15H,3,8-9H2,1-2H3,(H,22,24)(H2,20,21,26)/t10-,13-,14-,15-/m0/s1. The first-order chi connectivity index (χ1) is 12.4. The van der Waals surface area contributed by atoms with Gasteiger partial charge in [0, 0.05) is 12.2 Å². The zero-order valence-electron chi connectivity index (χ0n) is 14.8. The molecule has 7 nitrogen and oxygen atoms in total. The van der Waals surface area contributed by atoms with Gasteiger partial charge in [-0.05, 0) is 30.5 Å². The summed E-state index contributed by atoms with van der Waals surface area (Å²) in [7, 11) is 0. The van der Waals surface area contributed by atoms with E-state index in [2.05, 4.69) is 16.0 Å². The summed E-state index contributed by atoms with van der Waals surface area (Å²) in [6.45, 7) is 4.20. The number of halogens is 1. The van der Waals surface area contributed by atoms with E-state index in [1.807, 2.05) is 13.8 Å². The fourth-order valence-corrected chi connectivity index (χ4v) is 3.46. The minimum atomic E-state index is -0.553. The average molecular weight is 362 g/mol. The molecule has 8 heteroatoms. The molecule has 140 valence electrons. The van der Waals surface area contributed by atoms with Gasteiger partial charge >= 0.3 is 6.03 Å². The molecule has 1 aromatic carbocycles. The number of amides is 4. The lowest BCUT2D eigenvalue weighted by Crippen LogP contribution is -2.62. The Kier molecular flexibility index (Phi) is 5.11. The highest BCUT2D eigenvalue weighted by Crippen LogP contribution is 2.25. The third-order valence-corrected chi connectivity index (χ3v) is 5.08. The third kappa shape index (κ3) is 3.63. The van der Waals surface area contributed by atoms with Crippen LogP contribution >= 0.6 is 0 Å². The predicted octanol–water partition coefficient (Wildman–Crippen LogP) is 1.46. The second kappa shape index (κ2) is 7.31. The number of carbonyl (C=O) groups is 3. The number of rotatable bonds is 4. The summed E-state index contributed by atoms with van der Waals surface area (Å²) >= 11 is 0. The van der Waals surface area contributed by atoms with Crippen molar-refractivity contribution in [2.24, 2.45) is 5.92 Å². The molecule has 4 amide bonds. The van der Waals surface area contributed by atoms with Crippen molar-refractivity contribution in [1.82, 2.24) is 15.5 Å². The SMILES string of the molecule is CC[C@H](C)[C@@H]1NC(=O)[C@@H]2C[C@H](NC(=O)Nc3cccc(F)c3)CN2C1=O. The molecule has 0 aromatic heterocycles. The van der Waals surface area contributed by atoms with Crippen molar-refractivity contribution in [2.75, 3.05) is 11.9 Å². The fourth-order valence-electron chi connectivity index (χ4n) is 3.46. The Hall–Kier alpha value is -2.64. The summed E-state index contributed by atoms with van der Waals surface area (Å²) in [6, 6.07) is 3.69. The monoisotopic (exact) mass is 362 g/mol. The zero-order valence-corrected chi connectivity index (χ0v) is 14.8. The van der Waals surface area contributed by atoms with Crippen molar-refractivity contribution >= 4 is 23.5 Å². The maximum Gasteiger partial charge on any atom is 0.319 e. The van der Waals surface area contributed by atoms with Crippen LogP contribution in [0.25, 0.3) is 0 Å². The molecular formula is C18H23FN4O3. The van der Waals surface area contributed by atoms with E-state index in [-0.39, 0.29) is 23.8 Å². The summed E-state index contributed by atoms with van der Waals surface area (Å²) in [5, 5.41) is 8.12. The molecule has 3 rings (SSSR count). The molecule has 0 radical (unpaired) electrons. The minimum Gasteiger partial charge on any atom is -0.342 e. The van der Waals surface area contributed by atoms with Gasteiger partial charge in [-0.1, -0.05) is 26.3 Å². The molecule has 2 aliphatic heterocycles. The topological polar surface area (TPSA) is 90.5 Å². The largest absolute Gasteiger partial charge is 0.342 e. The molecule has 0 bridgehead atoms. The van der Waals surface area contributed by atoms with Gasteiger partial charge in [0.1, 0.15) is 17.9 Å². The number of piperazine rings is 1. The normalized spacial score (nSPS) is 26.1. The van der Waals surface area contributed by atoms with Crippen LogP contribution in [0.2, 0.25) is 0 Å². The lowest BCUT2D eigenvalue weighted by Gasteiger charge is -2.36. The number of nitrogens with one attached hydrogen (secondary N) is 3. The van der Waals surface area contributed by atoms with E-state index < -0.39 is 23.9 Å². The molecule has 2 aliphatic rings. The van der Waals surface area contributed by atoms with Gasteiger partial charge in [0.25, 0.3) is 0 Å². The summed E-state index contributed by atoms with van der Waals surface area (Å²) in [4.78, 5) is 38.7. The van der Waals surface area contributed by atoms with Gasteiger partial charge < -0.3 is 20.9 Å². The van der Waals surface area contributed by atoms with Crippen molar-refractivity contribution in [3.05, 3.63) is 30.1 Å². The van der Waals surface area contributed by atoms with Crippen molar-refractivity contribution < 1.29 is 18.8 Å². The lowest BCUT2D eigenvalue weighted by atomic mass is 9.95. The van der Waals surface area contributed by atoms with Crippen LogP contribution < -0.4 is 16.0 Å². The number of fused-ring (bicyclic) bond motifs is 1. The molecule has 0 aliphatic carbocycles. The Morgan fingerprint density at radius 3 is 2.88 bits per heavy atom. The van der Waals surface area contributed by atoms with E-state index in [9.17, 15) is 18.8 Å². The molecular weight excluding hydrogens is 339 g/mol. The van der Waals surface area contributed by atoms with Crippen molar-refractivity contribution in [2.45, 2.75) is 44.8 Å². The van der Waals surface area contributed by atoms with Crippen molar-refractivity contribution in [1.29, 1.82) is 0 Å². The van der Waals surface area contributed by atoms with E-state index in [1.165, 1.54) is 18.2 Å². The molecule has 0 unspecified atom stereocenters. The van der Waals surface area contributed by atoms with E-state index in [4.69, 9.17) is 0 Å². The van der Waals surface area contributed by atoms with Gasteiger partial charge in [-0.15, -0.1) is 0 Å². The molecule has 1 aromatic rings. The van der Waals surface area contributed by atoms with E-state index in [1.54, 1.807) is 11.0 Å². The Bertz CT molecular complexity index is 726. The number of hydrogen-bond donors (Lipinski definition) is 3. The van der Waals surface area contributed by atoms with Crippen LogP contribution in [0.5, 0.6) is 0 Å². The minimum absolute atomic E-state index is 0.0516. The highest BCUT2D eigenvalue weighted by molar-refractivity contribution is 5.98. The van der Waals surface area contributed by atoms with Crippen LogP contribution in [0.3, 0.4) is 0 Å². The molecule has 3 N–H and O–H groups in total. The number of hydrogen-bond acceptors (Lipinski definition) is 3. The molecule has 0 saturated carbocycles. The first kappa shape index (κ1) is 18.2. The average Bonchev–Trinajstić information content (AvgIpc) is 3.02. The van der Waals surface area contributed by atoms with E-state index in [0.717, 1.165) is 6.42 Å².